The van der Waals surface area contributed by atoms with E-state index in [2.05, 4.69) is 47.1 Å². The summed E-state index contributed by atoms with van der Waals surface area (Å²) in [6.07, 6.45) is 5.87. The van der Waals surface area contributed by atoms with Gasteiger partial charge in [0.25, 0.3) is 11.5 Å². The van der Waals surface area contributed by atoms with E-state index < -0.39 is 0 Å². The molecule has 0 fully saturated rings. The molecule has 1 aromatic carbocycles. The van der Waals surface area contributed by atoms with Gasteiger partial charge in [-0.3, -0.25) is 4.79 Å². The lowest BCUT2D eigenvalue weighted by molar-refractivity contribution is 0.395. The quantitative estimate of drug-likeness (QED) is 0.716. The van der Waals surface area contributed by atoms with Gasteiger partial charge in [0.05, 0.1) is 13.3 Å². The van der Waals surface area contributed by atoms with Crippen LogP contribution in [0.15, 0.2) is 41.5 Å². The van der Waals surface area contributed by atoms with Crippen molar-refractivity contribution in [2.75, 3.05) is 7.11 Å². The zero-order valence-electron chi connectivity index (χ0n) is 15.8. The monoisotopic (exact) mass is 362 g/mol. The van der Waals surface area contributed by atoms with E-state index in [0.29, 0.717) is 11.8 Å². The highest BCUT2D eigenvalue weighted by atomic mass is 16.5. The lowest BCUT2D eigenvalue weighted by atomic mass is 9.79. The summed E-state index contributed by atoms with van der Waals surface area (Å²) < 4.78 is 6.38. The van der Waals surface area contributed by atoms with Crippen LogP contribution in [0.4, 0.5) is 0 Å². The molecule has 1 aliphatic rings. The van der Waals surface area contributed by atoms with Gasteiger partial charge in [-0.2, -0.15) is 14.8 Å². The largest absolute Gasteiger partial charge is 0.481 e. The maximum atomic E-state index is 12.9. The fourth-order valence-electron chi connectivity index (χ4n) is 3.89. The molecule has 1 aliphatic carbocycles. The summed E-state index contributed by atoms with van der Waals surface area (Å²) in [7, 11) is 1.53. The van der Waals surface area contributed by atoms with Crippen LogP contribution >= 0.6 is 0 Å². The molecular weight excluding hydrogens is 340 g/mol. The number of benzene rings is 1. The third kappa shape index (κ3) is 3.23. The van der Waals surface area contributed by atoms with E-state index >= 15 is 0 Å². The Morgan fingerprint density at radius 1 is 1.22 bits per heavy atom. The maximum absolute atomic E-state index is 12.9. The van der Waals surface area contributed by atoms with Crippen molar-refractivity contribution in [1.82, 2.24) is 19.7 Å². The Morgan fingerprint density at radius 2 is 2.07 bits per heavy atom. The highest BCUT2D eigenvalue weighted by Gasteiger charge is 2.25. The van der Waals surface area contributed by atoms with Crippen molar-refractivity contribution < 1.29 is 4.74 Å². The summed E-state index contributed by atoms with van der Waals surface area (Å²) in [5.74, 6) is 1.06. The summed E-state index contributed by atoms with van der Waals surface area (Å²) in [5.41, 5.74) is 5.66. The van der Waals surface area contributed by atoms with E-state index in [1.807, 2.05) is 0 Å². The third-order valence-corrected chi connectivity index (χ3v) is 5.26. The second-order valence-corrected chi connectivity index (χ2v) is 7.06. The van der Waals surface area contributed by atoms with Gasteiger partial charge < -0.3 is 4.74 Å². The van der Waals surface area contributed by atoms with Crippen molar-refractivity contribution in [3.63, 3.8) is 0 Å². The molecule has 0 saturated carbocycles. The molecule has 2 aromatic heterocycles. The minimum atomic E-state index is -0.139. The Morgan fingerprint density at radius 3 is 2.85 bits per heavy atom. The van der Waals surface area contributed by atoms with Crippen LogP contribution in [0.1, 0.15) is 40.2 Å². The fraction of sp³-hybridized carbons (Fsp3) is 0.333. The molecule has 6 nitrogen and oxygen atoms in total. The SMILES string of the molecule is COc1ccnc(-n2ncc3c(c2=O)CCC(c2ccc(C)cc2C)C3)n1. The van der Waals surface area contributed by atoms with Crippen LogP contribution in [0.2, 0.25) is 0 Å². The van der Waals surface area contributed by atoms with Crippen molar-refractivity contribution >= 4 is 0 Å². The molecule has 138 valence electrons. The molecular formula is C21H22N4O2. The predicted molar refractivity (Wildman–Crippen MR) is 103 cm³/mol. The Bertz CT molecular complexity index is 1060. The number of nitrogens with zero attached hydrogens (tertiary/aromatic N) is 4. The van der Waals surface area contributed by atoms with E-state index in [4.69, 9.17) is 4.74 Å². The fourth-order valence-corrected chi connectivity index (χ4v) is 3.89. The van der Waals surface area contributed by atoms with E-state index in [1.165, 1.54) is 28.5 Å². The summed E-state index contributed by atoms with van der Waals surface area (Å²) in [5, 5.41) is 4.33. The number of aromatic nitrogens is 4. The highest BCUT2D eigenvalue weighted by molar-refractivity contribution is 5.37. The van der Waals surface area contributed by atoms with Gasteiger partial charge in [0.2, 0.25) is 5.88 Å². The first-order chi connectivity index (χ1) is 13.1. The first kappa shape index (κ1) is 17.4. The van der Waals surface area contributed by atoms with Crippen molar-refractivity contribution in [1.29, 1.82) is 0 Å². The average Bonchev–Trinajstić information content (AvgIpc) is 2.68. The van der Waals surface area contributed by atoms with Gasteiger partial charge in [0.15, 0.2) is 0 Å². The van der Waals surface area contributed by atoms with Crippen LogP contribution in [0.5, 0.6) is 5.88 Å². The van der Waals surface area contributed by atoms with Gasteiger partial charge in [-0.15, -0.1) is 0 Å². The normalized spacial score (nSPS) is 16.0. The Hall–Kier alpha value is -3.02. The number of methoxy groups -OCH3 is 1. The van der Waals surface area contributed by atoms with Crippen molar-refractivity contribution in [3.8, 4) is 11.8 Å². The summed E-state index contributed by atoms with van der Waals surface area (Å²) in [4.78, 5) is 21.3. The first-order valence-corrected chi connectivity index (χ1v) is 9.11. The summed E-state index contributed by atoms with van der Waals surface area (Å²) in [6, 6.07) is 8.25. The van der Waals surface area contributed by atoms with E-state index in [0.717, 1.165) is 30.4 Å². The molecule has 0 saturated heterocycles. The van der Waals surface area contributed by atoms with E-state index in [1.54, 1.807) is 18.5 Å². The van der Waals surface area contributed by atoms with Crippen molar-refractivity contribution in [2.24, 2.45) is 0 Å². The molecule has 4 rings (SSSR count). The first-order valence-electron chi connectivity index (χ1n) is 9.11. The van der Waals surface area contributed by atoms with Gasteiger partial charge in [-0.1, -0.05) is 23.8 Å². The Labute approximate surface area is 157 Å². The number of aryl methyl sites for hydroxylation is 2. The summed E-state index contributed by atoms with van der Waals surface area (Å²) >= 11 is 0. The number of ether oxygens (including phenoxy) is 1. The summed E-state index contributed by atoms with van der Waals surface area (Å²) in [6.45, 7) is 4.27. The van der Waals surface area contributed by atoms with Crippen LogP contribution in [-0.4, -0.2) is 26.9 Å². The standard InChI is InChI=1S/C21H22N4O2/c1-13-4-6-17(14(2)10-13)15-5-7-18-16(11-15)12-23-25(20(18)26)21-22-9-8-19(24-21)27-3/h4,6,8-10,12,15H,5,7,11H2,1-3H3. The van der Waals surface area contributed by atoms with Gasteiger partial charge in [0, 0.05) is 17.8 Å². The molecule has 0 spiro atoms. The zero-order chi connectivity index (χ0) is 19.0. The molecule has 6 heteroatoms. The molecule has 1 atom stereocenters. The number of hydrogen-bond donors (Lipinski definition) is 0. The number of fused-ring (bicyclic) bond motifs is 1. The molecule has 27 heavy (non-hydrogen) atoms. The van der Waals surface area contributed by atoms with E-state index in [9.17, 15) is 4.79 Å². The van der Waals surface area contributed by atoms with Crippen molar-refractivity contribution in [3.05, 3.63) is 74.8 Å². The van der Waals surface area contributed by atoms with Gasteiger partial charge in [-0.25, -0.2) is 4.98 Å². The van der Waals surface area contributed by atoms with E-state index in [-0.39, 0.29) is 11.5 Å². The molecule has 0 radical (unpaired) electrons. The Balaban J connectivity index is 1.68. The molecule has 0 bridgehead atoms. The van der Waals surface area contributed by atoms with Gasteiger partial charge in [-0.05, 0) is 55.7 Å². The second kappa shape index (κ2) is 6.95. The number of hydrogen-bond acceptors (Lipinski definition) is 5. The third-order valence-electron chi connectivity index (χ3n) is 5.26. The van der Waals surface area contributed by atoms with Gasteiger partial charge >= 0.3 is 0 Å². The molecule has 1 unspecified atom stereocenters. The molecule has 2 heterocycles. The van der Waals surface area contributed by atoms with Crippen LogP contribution in [0, 0.1) is 13.8 Å². The van der Waals surface area contributed by atoms with Crippen molar-refractivity contribution in [2.45, 2.75) is 39.0 Å². The van der Waals surface area contributed by atoms with Gasteiger partial charge in [0.1, 0.15) is 0 Å². The Kier molecular flexibility index (Phi) is 4.48. The predicted octanol–water partition coefficient (Wildman–Crippen LogP) is 2.92. The van der Waals surface area contributed by atoms with Crippen LogP contribution < -0.4 is 10.3 Å². The van der Waals surface area contributed by atoms with Crippen LogP contribution in [0.25, 0.3) is 5.95 Å². The minimum Gasteiger partial charge on any atom is -0.481 e. The highest BCUT2D eigenvalue weighted by Crippen LogP contribution is 2.33. The zero-order valence-corrected chi connectivity index (χ0v) is 15.8. The molecule has 0 N–H and O–H groups in total. The average molecular weight is 362 g/mol. The van der Waals surface area contributed by atoms with Crippen LogP contribution in [-0.2, 0) is 12.8 Å². The minimum absolute atomic E-state index is 0.139. The lowest BCUT2D eigenvalue weighted by Crippen LogP contribution is -2.30. The molecule has 0 amide bonds. The maximum Gasteiger partial charge on any atom is 0.277 e. The molecule has 3 aromatic rings. The second-order valence-electron chi connectivity index (χ2n) is 7.06. The smallest absolute Gasteiger partial charge is 0.277 e. The number of rotatable bonds is 3. The van der Waals surface area contributed by atoms with Crippen LogP contribution in [0.3, 0.4) is 0 Å². The topological polar surface area (TPSA) is 69.9 Å². The molecule has 0 aliphatic heterocycles. The lowest BCUT2D eigenvalue weighted by Gasteiger charge is -2.26.